The summed E-state index contributed by atoms with van der Waals surface area (Å²) < 4.78 is 5.26. The number of aryl methyl sites for hydroxylation is 1. The second-order valence-corrected chi connectivity index (χ2v) is 6.66. The molecule has 0 aliphatic carbocycles. The third kappa shape index (κ3) is 4.27. The van der Waals surface area contributed by atoms with Gasteiger partial charge in [0.25, 0.3) is 5.91 Å². The summed E-state index contributed by atoms with van der Waals surface area (Å²) in [6.07, 6.45) is 1.24. The second kappa shape index (κ2) is 8.20. The van der Waals surface area contributed by atoms with Crippen molar-refractivity contribution in [3.05, 3.63) is 29.8 Å². The van der Waals surface area contributed by atoms with Crippen molar-refractivity contribution in [2.75, 3.05) is 24.5 Å². The number of para-hydroxylation sites is 1. The normalized spacial score (nSPS) is 17.4. The summed E-state index contributed by atoms with van der Waals surface area (Å²) in [4.78, 5) is 50.4. The van der Waals surface area contributed by atoms with Crippen LogP contribution in [0.1, 0.15) is 31.7 Å². The molecule has 2 aliphatic rings. The van der Waals surface area contributed by atoms with Crippen LogP contribution in [0.3, 0.4) is 0 Å². The van der Waals surface area contributed by atoms with E-state index in [1.54, 1.807) is 11.8 Å². The van der Waals surface area contributed by atoms with Gasteiger partial charge in [-0.3, -0.25) is 19.3 Å². The Morgan fingerprint density at radius 3 is 2.78 bits per heavy atom. The molecule has 1 aromatic carbocycles. The van der Waals surface area contributed by atoms with E-state index in [-0.39, 0.29) is 31.3 Å². The van der Waals surface area contributed by atoms with Gasteiger partial charge in [-0.25, -0.2) is 4.79 Å². The molecule has 1 fully saturated rings. The number of nitrogens with zero attached hydrogens (tertiary/aromatic N) is 2. The zero-order valence-electron chi connectivity index (χ0n) is 15.3. The molecule has 0 bridgehead atoms. The average molecular weight is 373 g/mol. The van der Waals surface area contributed by atoms with Gasteiger partial charge in [0.2, 0.25) is 5.91 Å². The molecule has 144 valence electrons. The first-order valence-electron chi connectivity index (χ1n) is 9.14. The van der Waals surface area contributed by atoms with Crippen LogP contribution >= 0.6 is 0 Å². The van der Waals surface area contributed by atoms with Crippen molar-refractivity contribution in [3.63, 3.8) is 0 Å². The van der Waals surface area contributed by atoms with E-state index in [0.29, 0.717) is 13.0 Å². The van der Waals surface area contributed by atoms with E-state index in [1.165, 1.54) is 0 Å². The predicted molar refractivity (Wildman–Crippen MR) is 97.0 cm³/mol. The number of amides is 4. The first kappa shape index (κ1) is 18.9. The Hall–Kier alpha value is -2.90. The van der Waals surface area contributed by atoms with Crippen molar-refractivity contribution in [2.24, 2.45) is 0 Å². The predicted octanol–water partition coefficient (Wildman–Crippen LogP) is 1.23. The molecule has 0 radical (unpaired) electrons. The number of anilines is 1. The molecule has 1 atom stereocenters. The highest BCUT2D eigenvalue weighted by Crippen LogP contribution is 2.27. The molecule has 1 saturated heterocycles. The maximum absolute atomic E-state index is 12.7. The topological polar surface area (TPSA) is 96.0 Å². The lowest BCUT2D eigenvalue weighted by atomic mass is 10.0. The first-order valence-corrected chi connectivity index (χ1v) is 9.14. The Bertz CT molecular complexity index is 747. The van der Waals surface area contributed by atoms with Crippen molar-refractivity contribution in [3.8, 4) is 0 Å². The SMILES string of the molecule is C[C@@H](OC(=O)CCCN1C(=O)CNC1=O)C(=O)N1CCCc2ccccc21. The Kier molecular flexibility index (Phi) is 5.73. The molecule has 3 rings (SSSR count). The van der Waals surface area contributed by atoms with E-state index in [2.05, 4.69) is 5.32 Å². The highest BCUT2D eigenvalue weighted by atomic mass is 16.5. The van der Waals surface area contributed by atoms with E-state index >= 15 is 0 Å². The Morgan fingerprint density at radius 1 is 1.26 bits per heavy atom. The molecule has 0 aromatic heterocycles. The summed E-state index contributed by atoms with van der Waals surface area (Å²) in [7, 11) is 0. The monoisotopic (exact) mass is 373 g/mol. The van der Waals surface area contributed by atoms with E-state index in [1.807, 2.05) is 24.3 Å². The van der Waals surface area contributed by atoms with Gasteiger partial charge < -0.3 is 15.0 Å². The maximum atomic E-state index is 12.7. The molecule has 0 spiro atoms. The van der Waals surface area contributed by atoms with Crippen LogP contribution < -0.4 is 10.2 Å². The minimum atomic E-state index is -0.889. The molecule has 27 heavy (non-hydrogen) atoms. The number of ether oxygens (including phenoxy) is 1. The zero-order valence-corrected chi connectivity index (χ0v) is 15.3. The molecule has 2 aliphatic heterocycles. The number of esters is 1. The van der Waals surface area contributed by atoms with Gasteiger partial charge in [-0.2, -0.15) is 0 Å². The van der Waals surface area contributed by atoms with Crippen molar-refractivity contribution in [1.29, 1.82) is 0 Å². The molecular weight excluding hydrogens is 350 g/mol. The fourth-order valence-corrected chi connectivity index (χ4v) is 3.35. The van der Waals surface area contributed by atoms with Crippen LogP contribution in [0.25, 0.3) is 0 Å². The number of hydrogen-bond acceptors (Lipinski definition) is 5. The summed E-state index contributed by atoms with van der Waals surface area (Å²) >= 11 is 0. The molecule has 0 saturated carbocycles. The van der Waals surface area contributed by atoms with E-state index in [9.17, 15) is 19.2 Å². The number of urea groups is 1. The maximum Gasteiger partial charge on any atom is 0.324 e. The number of fused-ring (bicyclic) bond motifs is 1. The van der Waals surface area contributed by atoms with Gasteiger partial charge in [0, 0.05) is 25.2 Å². The minimum Gasteiger partial charge on any atom is -0.453 e. The summed E-state index contributed by atoms with van der Waals surface area (Å²) in [6.45, 7) is 2.31. The molecule has 1 aromatic rings. The zero-order chi connectivity index (χ0) is 19.4. The van der Waals surface area contributed by atoms with Crippen LogP contribution in [0.5, 0.6) is 0 Å². The number of benzene rings is 1. The van der Waals surface area contributed by atoms with E-state index < -0.39 is 18.1 Å². The van der Waals surface area contributed by atoms with Gasteiger partial charge in [0.05, 0.1) is 6.54 Å². The fraction of sp³-hybridized carbons (Fsp3) is 0.474. The quantitative estimate of drug-likeness (QED) is 0.598. The van der Waals surface area contributed by atoms with Gasteiger partial charge in [-0.1, -0.05) is 18.2 Å². The molecule has 8 heteroatoms. The van der Waals surface area contributed by atoms with Gasteiger partial charge in [0.1, 0.15) is 0 Å². The molecular formula is C19H23N3O5. The number of carbonyl (C=O) groups excluding carboxylic acids is 4. The molecule has 1 N–H and O–H groups in total. The smallest absolute Gasteiger partial charge is 0.324 e. The van der Waals surface area contributed by atoms with Crippen molar-refractivity contribution < 1.29 is 23.9 Å². The summed E-state index contributed by atoms with van der Waals surface area (Å²) in [6, 6.07) is 7.29. The lowest BCUT2D eigenvalue weighted by Crippen LogP contribution is -2.42. The Morgan fingerprint density at radius 2 is 2.04 bits per heavy atom. The van der Waals surface area contributed by atoms with Crippen LogP contribution in [-0.2, 0) is 25.5 Å². The van der Waals surface area contributed by atoms with Crippen molar-refractivity contribution in [2.45, 2.75) is 38.7 Å². The highest BCUT2D eigenvalue weighted by molar-refractivity contribution is 6.02. The molecule has 0 unspecified atom stereocenters. The number of rotatable bonds is 6. The largest absolute Gasteiger partial charge is 0.453 e. The Labute approximate surface area is 157 Å². The van der Waals surface area contributed by atoms with Crippen LogP contribution in [0.4, 0.5) is 10.5 Å². The van der Waals surface area contributed by atoms with E-state index in [0.717, 1.165) is 29.0 Å². The number of nitrogens with one attached hydrogen (secondary N) is 1. The summed E-state index contributed by atoms with van der Waals surface area (Å²) in [5.74, 6) is -1.07. The number of hydrogen-bond donors (Lipinski definition) is 1. The third-order valence-electron chi connectivity index (χ3n) is 4.73. The third-order valence-corrected chi connectivity index (χ3v) is 4.73. The van der Waals surface area contributed by atoms with Crippen LogP contribution in [0.15, 0.2) is 24.3 Å². The van der Waals surface area contributed by atoms with Crippen molar-refractivity contribution in [1.82, 2.24) is 10.2 Å². The van der Waals surface area contributed by atoms with Crippen LogP contribution in [0, 0.1) is 0 Å². The fourth-order valence-electron chi connectivity index (χ4n) is 3.35. The van der Waals surface area contributed by atoms with Gasteiger partial charge >= 0.3 is 12.0 Å². The second-order valence-electron chi connectivity index (χ2n) is 6.66. The standard InChI is InChI=1S/C19H23N3O5/c1-13(18(25)21-10-4-7-14-6-2-3-8-15(14)21)27-17(24)9-5-11-22-16(23)12-20-19(22)26/h2-3,6,8,13H,4-5,7,9-12H2,1H3,(H,20,26)/t13-/m1/s1. The average Bonchev–Trinajstić information content (AvgIpc) is 2.99. The lowest BCUT2D eigenvalue weighted by Gasteiger charge is -2.31. The van der Waals surface area contributed by atoms with E-state index in [4.69, 9.17) is 4.74 Å². The molecule has 4 amide bonds. The van der Waals surface area contributed by atoms with Crippen molar-refractivity contribution >= 4 is 29.5 Å². The summed E-state index contributed by atoms with van der Waals surface area (Å²) in [5, 5.41) is 2.42. The molecule has 8 nitrogen and oxygen atoms in total. The van der Waals surface area contributed by atoms with Crippen LogP contribution in [0.2, 0.25) is 0 Å². The van der Waals surface area contributed by atoms with Gasteiger partial charge in [0.15, 0.2) is 6.10 Å². The lowest BCUT2D eigenvalue weighted by molar-refractivity contribution is -0.154. The van der Waals surface area contributed by atoms with Gasteiger partial charge in [-0.15, -0.1) is 0 Å². The number of carbonyl (C=O) groups is 4. The minimum absolute atomic E-state index is 0.00781. The van der Waals surface area contributed by atoms with Gasteiger partial charge in [-0.05, 0) is 37.8 Å². The Balaban J connectivity index is 1.49. The van der Waals surface area contributed by atoms with Crippen LogP contribution in [-0.4, -0.2) is 54.5 Å². The molecule has 2 heterocycles. The summed E-state index contributed by atoms with van der Waals surface area (Å²) in [5.41, 5.74) is 1.99. The first-order chi connectivity index (χ1) is 13.0. The highest BCUT2D eigenvalue weighted by Gasteiger charge is 2.29. The number of imide groups is 1.